The van der Waals surface area contributed by atoms with Gasteiger partial charge >= 0.3 is 0 Å². The smallest absolute Gasteiger partial charge is 0.292 e. The summed E-state index contributed by atoms with van der Waals surface area (Å²) in [6.45, 7) is 0. The fourth-order valence-electron chi connectivity index (χ4n) is 1.76. The number of rotatable bonds is 5. The quantitative estimate of drug-likeness (QED) is 0.511. The van der Waals surface area contributed by atoms with Crippen molar-refractivity contribution in [3.05, 3.63) is 63.7 Å². The van der Waals surface area contributed by atoms with Crippen LogP contribution in [-0.2, 0) is 5.75 Å². The Hall–Kier alpha value is -2.15. The Morgan fingerprint density at radius 3 is 2.57 bits per heavy atom. The Kier molecular flexibility index (Phi) is 4.74. The van der Waals surface area contributed by atoms with Crippen molar-refractivity contribution in [1.82, 2.24) is 0 Å². The van der Waals surface area contributed by atoms with Crippen LogP contribution in [0, 0.1) is 21.7 Å². The highest BCUT2D eigenvalue weighted by molar-refractivity contribution is 7.98. The van der Waals surface area contributed by atoms with Gasteiger partial charge < -0.3 is 5.32 Å². The van der Waals surface area contributed by atoms with Crippen molar-refractivity contribution < 1.29 is 13.7 Å². The molecule has 7 heteroatoms. The molecule has 0 spiro atoms. The Balaban J connectivity index is 2.14. The van der Waals surface area contributed by atoms with E-state index in [1.54, 1.807) is 19.2 Å². The first-order valence-electron chi connectivity index (χ1n) is 6.04. The van der Waals surface area contributed by atoms with Crippen molar-refractivity contribution in [2.75, 3.05) is 12.4 Å². The van der Waals surface area contributed by atoms with Gasteiger partial charge in [0.15, 0.2) is 11.6 Å². The van der Waals surface area contributed by atoms with Crippen LogP contribution in [0.2, 0.25) is 0 Å². The molecule has 2 aromatic carbocycles. The highest BCUT2D eigenvalue weighted by atomic mass is 32.2. The molecular formula is C14H12F2N2O2S. The number of nitrogens with zero attached hydrogens (tertiary/aromatic N) is 1. The van der Waals surface area contributed by atoms with E-state index >= 15 is 0 Å². The molecule has 0 unspecified atom stereocenters. The first kappa shape index (κ1) is 15.2. The van der Waals surface area contributed by atoms with Gasteiger partial charge in [-0.1, -0.05) is 6.07 Å². The van der Waals surface area contributed by atoms with Crippen molar-refractivity contribution in [2.45, 2.75) is 10.6 Å². The topological polar surface area (TPSA) is 55.2 Å². The van der Waals surface area contributed by atoms with Gasteiger partial charge in [-0.05, 0) is 29.8 Å². The summed E-state index contributed by atoms with van der Waals surface area (Å²) in [4.78, 5) is 11.1. The number of nitro benzene ring substituents is 1. The molecule has 1 N–H and O–H groups in total. The van der Waals surface area contributed by atoms with Crippen LogP contribution >= 0.6 is 11.8 Å². The number of anilines is 1. The Labute approximate surface area is 124 Å². The zero-order valence-corrected chi connectivity index (χ0v) is 11.9. The lowest BCUT2D eigenvalue weighted by Crippen LogP contribution is -1.97. The summed E-state index contributed by atoms with van der Waals surface area (Å²) in [5, 5.41) is 13.7. The number of thioether (sulfide) groups is 1. The van der Waals surface area contributed by atoms with E-state index in [0.29, 0.717) is 16.3 Å². The Morgan fingerprint density at radius 1 is 1.19 bits per heavy atom. The molecule has 0 heterocycles. The number of halogens is 2. The monoisotopic (exact) mass is 310 g/mol. The van der Waals surface area contributed by atoms with E-state index < -0.39 is 16.6 Å². The highest BCUT2D eigenvalue weighted by Crippen LogP contribution is 2.29. The van der Waals surface area contributed by atoms with Crippen LogP contribution < -0.4 is 5.32 Å². The Bertz CT molecular complexity index is 680. The van der Waals surface area contributed by atoms with Gasteiger partial charge in [0.1, 0.15) is 5.69 Å². The predicted octanol–water partition coefficient (Wildman–Crippen LogP) is 4.21. The molecule has 0 radical (unpaired) electrons. The molecule has 0 amide bonds. The van der Waals surface area contributed by atoms with E-state index in [1.165, 1.54) is 23.9 Å². The van der Waals surface area contributed by atoms with E-state index in [1.807, 2.05) is 0 Å². The molecule has 0 saturated carbocycles. The van der Waals surface area contributed by atoms with Crippen molar-refractivity contribution in [3.8, 4) is 0 Å². The van der Waals surface area contributed by atoms with E-state index in [9.17, 15) is 18.9 Å². The van der Waals surface area contributed by atoms with Crippen LogP contribution in [0.5, 0.6) is 0 Å². The van der Waals surface area contributed by atoms with Gasteiger partial charge in [0.2, 0.25) is 0 Å². The summed E-state index contributed by atoms with van der Waals surface area (Å²) in [5.41, 5.74) is 1.15. The van der Waals surface area contributed by atoms with Crippen LogP contribution in [-0.4, -0.2) is 12.0 Å². The summed E-state index contributed by atoms with van der Waals surface area (Å²) in [6, 6.07) is 8.49. The maximum Gasteiger partial charge on any atom is 0.292 e. The minimum absolute atomic E-state index is 0.0131. The summed E-state index contributed by atoms with van der Waals surface area (Å²) in [6.07, 6.45) is 0. The molecule has 0 saturated heterocycles. The summed E-state index contributed by atoms with van der Waals surface area (Å²) >= 11 is 1.28. The van der Waals surface area contributed by atoms with E-state index in [2.05, 4.69) is 5.32 Å². The van der Waals surface area contributed by atoms with Gasteiger partial charge in [-0.15, -0.1) is 11.8 Å². The average molecular weight is 310 g/mol. The molecule has 0 aliphatic rings. The molecule has 4 nitrogen and oxygen atoms in total. The standard InChI is InChI=1S/C14H12F2N2O2S/c1-17-13-5-2-9(6-14(13)18(19)20)8-21-10-3-4-11(15)12(16)7-10/h2-7,17H,8H2,1H3. The largest absolute Gasteiger partial charge is 0.383 e. The molecule has 0 bridgehead atoms. The summed E-state index contributed by atoms with van der Waals surface area (Å²) in [5.74, 6) is -1.37. The Morgan fingerprint density at radius 2 is 1.95 bits per heavy atom. The second-order valence-corrected chi connectivity index (χ2v) is 5.27. The van der Waals surface area contributed by atoms with Crippen molar-refractivity contribution >= 4 is 23.1 Å². The van der Waals surface area contributed by atoms with E-state index in [-0.39, 0.29) is 5.69 Å². The fraction of sp³-hybridized carbons (Fsp3) is 0.143. The number of nitro groups is 1. The summed E-state index contributed by atoms with van der Waals surface area (Å²) < 4.78 is 25.9. The van der Waals surface area contributed by atoms with Gasteiger partial charge in [0.05, 0.1) is 4.92 Å². The normalized spacial score (nSPS) is 10.4. The van der Waals surface area contributed by atoms with Gasteiger partial charge in [-0.25, -0.2) is 8.78 Å². The number of nitrogens with one attached hydrogen (secondary N) is 1. The van der Waals surface area contributed by atoms with Gasteiger partial charge in [0, 0.05) is 23.8 Å². The lowest BCUT2D eigenvalue weighted by Gasteiger charge is -2.06. The first-order chi connectivity index (χ1) is 10.0. The first-order valence-corrected chi connectivity index (χ1v) is 7.02. The van der Waals surface area contributed by atoms with Crippen LogP contribution in [0.15, 0.2) is 41.3 Å². The van der Waals surface area contributed by atoms with Gasteiger partial charge in [0.25, 0.3) is 5.69 Å². The van der Waals surface area contributed by atoms with Crippen LogP contribution in [0.3, 0.4) is 0 Å². The van der Waals surface area contributed by atoms with Crippen LogP contribution in [0.1, 0.15) is 5.56 Å². The lowest BCUT2D eigenvalue weighted by molar-refractivity contribution is -0.384. The number of hydrogen-bond acceptors (Lipinski definition) is 4. The van der Waals surface area contributed by atoms with Gasteiger partial charge in [-0.3, -0.25) is 10.1 Å². The van der Waals surface area contributed by atoms with Gasteiger partial charge in [-0.2, -0.15) is 0 Å². The van der Waals surface area contributed by atoms with Crippen molar-refractivity contribution in [2.24, 2.45) is 0 Å². The second kappa shape index (κ2) is 6.53. The SMILES string of the molecule is CNc1ccc(CSc2ccc(F)c(F)c2)cc1[N+](=O)[O-]. The van der Waals surface area contributed by atoms with Crippen molar-refractivity contribution in [3.63, 3.8) is 0 Å². The molecule has 110 valence electrons. The van der Waals surface area contributed by atoms with E-state index in [4.69, 9.17) is 0 Å². The minimum atomic E-state index is -0.906. The molecule has 0 aromatic heterocycles. The maximum atomic E-state index is 13.1. The molecule has 0 aliphatic heterocycles. The highest BCUT2D eigenvalue weighted by Gasteiger charge is 2.13. The lowest BCUT2D eigenvalue weighted by atomic mass is 10.2. The number of hydrogen-bond donors (Lipinski definition) is 1. The fourth-order valence-corrected chi connectivity index (χ4v) is 2.63. The maximum absolute atomic E-state index is 13.1. The predicted molar refractivity (Wildman–Crippen MR) is 78.6 cm³/mol. The molecule has 2 aromatic rings. The van der Waals surface area contributed by atoms with Crippen molar-refractivity contribution in [1.29, 1.82) is 0 Å². The average Bonchev–Trinajstić information content (AvgIpc) is 2.48. The van der Waals surface area contributed by atoms with Crippen LogP contribution in [0.4, 0.5) is 20.2 Å². The summed E-state index contributed by atoms with van der Waals surface area (Å²) in [7, 11) is 1.61. The zero-order chi connectivity index (χ0) is 15.4. The number of benzene rings is 2. The van der Waals surface area contributed by atoms with E-state index in [0.717, 1.165) is 17.7 Å². The third-order valence-electron chi connectivity index (χ3n) is 2.82. The molecule has 0 fully saturated rings. The molecule has 0 aliphatic carbocycles. The zero-order valence-electron chi connectivity index (χ0n) is 11.1. The van der Waals surface area contributed by atoms with Crippen LogP contribution in [0.25, 0.3) is 0 Å². The second-order valence-electron chi connectivity index (χ2n) is 4.22. The molecule has 0 atom stereocenters. The molecule has 2 rings (SSSR count). The minimum Gasteiger partial charge on any atom is -0.383 e. The third kappa shape index (κ3) is 3.69. The molecule has 21 heavy (non-hydrogen) atoms. The molecular weight excluding hydrogens is 298 g/mol. The third-order valence-corrected chi connectivity index (χ3v) is 3.89.